The largest absolute Gasteiger partial charge is 0.493 e. The van der Waals surface area contributed by atoms with Gasteiger partial charge >= 0.3 is 0 Å². The minimum atomic E-state index is -0.869. The molecule has 0 aliphatic carbocycles. The van der Waals surface area contributed by atoms with E-state index >= 15 is 0 Å². The molecule has 2 N–H and O–H groups in total. The molecule has 2 heterocycles. The second-order valence-electron chi connectivity index (χ2n) is 11.3. The van der Waals surface area contributed by atoms with Crippen LogP contribution >= 0.6 is 57.7 Å². The molecule has 1 aromatic heterocycles. The topological polar surface area (TPSA) is 133 Å². The average Bonchev–Trinajstić information content (AvgIpc) is 3.47. The maximum atomic E-state index is 13.8. The highest BCUT2D eigenvalue weighted by Crippen LogP contribution is 2.40. The van der Waals surface area contributed by atoms with Crippen molar-refractivity contribution in [1.29, 1.82) is 10.5 Å². The summed E-state index contributed by atoms with van der Waals surface area (Å²) in [6.45, 7) is 0.402. The number of benzene rings is 4. The Balaban J connectivity index is 1.34. The van der Waals surface area contributed by atoms with E-state index in [-0.39, 0.29) is 30.2 Å². The average molecular weight is 793 g/mol. The maximum absolute atomic E-state index is 13.8. The van der Waals surface area contributed by atoms with E-state index in [1.165, 1.54) is 18.8 Å². The summed E-state index contributed by atoms with van der Waals surface area (Å²) >= 11 is 25.4. The predicted octanol–water partition coefficient (Wildman–Crippen LogP) is 7.65. The van der Waals surface area contributed by atoms with Gasteiger partial charge in [0.15, 0.2) is 23.0 Å². The van der Waals surface area contributed by atoms with E-state index in [0.717, 1.165) is 22.5 Å². The Labute approximate surface area is 322 Å². The fourth-order valence-corrected chi connectivity index (χ4v) is 7.36. The molecule has 6 rings (SSSR count). The minimum Gasteiger partial charge on any atom is -0.493 e. The molecule has 52 heavy (non-hydrogen) atoms. The monoisotopic (exact) mass is 790 g/mol. The molecule has 14 heteroatoms. The maximum Gasteiger partial charge on any atom is 0.274 e. The number of aromatic nitrogens is 1. The number of hydrogen-bond acceptors (Lipinski definition) is 9. The van der Waals surface area contributed by atoms with Crippen molar-refractivity contribution in [3.05, 3.63) is 140 Å². The molecule has 0 fully saturated rings. The Morgan fingerprint density at radius 2 is 1.31 bits per heavy atom. The van der Waals surface area contributed by atoms with E-state index in [1.807, 2.05) is 6.07 Å². The lowest BCUT2D eigenvalue weighted by Crippen LogP contribution is -2.38. The van der Waals surface area contributed by atoms with Crippen LogP contribution in [0.25, 0.3) is 17.5 Å². The molecule has 0 amide bonds. The summed E-state index contributed by atoms with van der Waals surface area (Å²) in [6, 6.07) is 25.1. The molecule has 1 aliphatic heterocycles. The summed E-state index contributed by atoms with van der Waals surface area (Å²) in [6.07, 6.45) is 1.66. The number of halogens is 4. The van der Waals surface area contributed by atoms with Gasteiger partial charge in [-0.2, -0.15) is 10.5 Å². The second-order valence-corrected chi connectivity index (χ2v) is 14.0. The number of nitrogens with two attached hydrogens (primary N) is 1. The first-order valence-corrected chi connectivity index (χ1v) is 17.7. The number of ether oxygens (including phenoxy) is 4. The molecule has 5 aromatic rings. The first kappa shape index (κ1) is 36.7. The third kappa shape index (κ3) is 7.31. The Hall–Kier alpha value is -5.07. The van der Waals surface area contributed by atoms with Gasteiger partial charge in [0.1, 0.15) is 23.7 Å². The van der Waals surface area contributed by atoms with Gasteiger partial charge in [-0.15, -0.1) is 11.3 Å². The normalized spacial score (nSPS) is 14.0. The zero-order valence-corrected chi connectivity index (χ0v) is 31.2. The first-order valence-electron chi connectivity index (χ1n) is 15.3. The van der Waals surface area contributed by atoms with Gasteiger partial charge in [0.25, 0.3) is 5.56 Å². The number of nitrogens with zero attached hydrogens (tertiary/aromatic N) is 3. The highest BCUT2D eigenvalue weighted by Gasteiger charge is 2.33. The fraction of sp³-hybridized carbons (Fsp3) is 0.132. The van der Waals surface area contributed by atoms with Crippen LogP contribution in [0, 0.1) is 22.7 Å². The van der Waals surface area contributed by atoms with Gasteiger partial charge in [0.2, 0.25) is 0 Å². The van der Waals surface area contributed by atoms with Gasteiger partial charge in [0.05, 0.1) is 68.0 Å². The van der Waals surface area contributed by atoms with E-state index < -0.39 is 11.5 Å². The molecule has 4 aromatic carbocycles. The molecule has 1 unspecified atom stereocenters. The Morgan fingerprint density at radius 1 is 0.750 bits per heavy atom. The number of nitriles is 2. The standard InChI is InChI=1S/C38H26Cl4N4O5S/c1-48-32-13-20(5-9-30(32)50-18-21-3-7-26(39)28(41)11-21)14-34-37(47)46-36(45)24(16-43)35(25(17-44)38(46)52-34)23-6-10-31(33(15-23)49-2)51-19-22-4-8-27(40)29(42)12-22/h3-15,35H,18-19,45H2,1-2H3/b34-14-. The van der Waals surface area contributed by atoms with Crippen LogP contribution in [-0.2, 0) is 13.2 Å². The first-order chi connectivity index (χ1) is 25.1. The van der Waals surface area contributed by atoms with Gasteiger partial charge in [-0.05, 0) is 76.9 Å². The predicted molar refractivity (Wildman–Crippen MR) is 204 cm³/mol. The number of allylic oxidation sites excluding steroid dienone is 1. The Kier molecular flexibility index (Phi) is 11.1. The summed E-state index contributed by atoms with van der Waals surface area (Å²) < 4.78 is 25.0. The molecular weight excluding hydrogens is 766 g/mol. The van der Waals surface area contributed by atoms with Crippen LogP contribution in [0.15, 0.2) is 83.2 Å². The minimum absolute atomic E-state index is 0.0483. The summed E-state index contributed by atoms with van der Waals surface area (Å²) in [5.74, 6) is 0.767. The van der Waals surface area contributed by atoms with Gasteiger partial charge in [-0.25, -0.2) is 0 Å². The lowest BCUT2D eigenvalue weighted by Gasteiger charge is -2.23. The van der Waals surface area contributed by atoms with E-state index in [4.69, 9.17) is 71.1 Å². The summed E-state index contributed by atoms with van der Waals surface area (Å²) in [4.78, 5) is 13.8. The highest BCUT2D eigenvalue weighted by molar-refractivity contribution is 7.07. The fourth-order valence-electron chi connectivity index (χ4n) is 5.59. The molecule has 0 saturated carbocycles. The van der Waals surface area contributed by atoms with Gasteiger partial charge in [-0.3, -0.25) is 9.36 Å². The quantitative estimate of drug-likeness (QED) is 0.153. The molecule has 9 nitrogen and oxygen atoms in total. The van der Waals surface area contributed by atoms with E-state index in [2.05, 4.69) is 12.1 Å². The third-order valence-electron chi connectivity index (χ3n) is 8.15. The molecule has 1 aliphatic rings. The van der Waals surface area contributed by atoms with E-state index in [9.17, 15) is 15.3 Å². The molecular formula is C38H26Cl4N4O5S. The SMILES string of the molecule is COc1cc(/C=c2\sc3n(c2=O)C(N)=C(C#N)C(c2ccc(OCc4ccc(Cl)c(Cl)c4)c(OC)c2)C=3C#N)ccc1OCc1ccc(Cl)c(Cl)c1. The molecule has 0 saturated heterocycles. The zero-order valence-electron chi connectivity index (χ0n) is 27.4. The number of rotatable bonds is 10. The van der Waals surface area contributed by atoms with Crippen LogP contribution in [0.1, 0.15) is 28.2 Å². The molecule has 262 valence electrons. The molecule has 0 spiro atoms. The van der Waals surface area contributed by atoms with E-state index in [0.29, 0.717) is 63.4 Å². The summed E-state index contributed by atoms with van der Waals surface area (Å²) in [5, 5.41) is 22.4. The molecule has 1 atom stereocenters. The van der Waals surface area contributed by atoms with Crippen molar-refractivity contribution in [3.8, 4) is 35.1 Å². The van der Waals surface area contributed by atoms with Gasteiger partial charge < -0.3 is 24.7 Å². The van der Waals surface area contributed by atoms with E-state index in [1.54, 1.807) is 72.8 Å². The number of hydrogen-bond donors (Lipinski definition) is 1. The van der Waals surface area contributed by atoms with Crippen molar-refractivity contribution in [2.75, 3.05) is 14.2 Å². The summed E-state index contributed by atoms with van der Waals surface area (Å²) in [5.41, 5.74) is 9.07. The van der Waals surface area contributed by atoms with Crippen molar-refractivity contribution in [2.45, 2.75) is 19.1 Å². The smallest absolute Gasteiger partial charge is 0.274 e. The van der Waals surface area contributed by atoms with Crippen molar-refractivity contribution in [3.63, 3.8) is 0 Å². The number of fused-ring (bicyclic) bond motifs is 1. The third-order valence-corrected chi connectivity index (χ3v) is 10.7. The Morgan fingerprint density at radius 3 is 1.85 bits per heavy atom. The van der Waals surface area contributed by atoms with Crippen LogP contribution in [0.4, 0.5) is 0 Å². The Bertz CT molecular complexity index is 2530. The zero-order chi connectivity index (χ0) is 37.1. The highest BCUT2D eigenvalue weighted by atomic mass is 35.5. The second kappa shape index (κ2) is 15.7. The molecule has 0 bridgehead atoms. The van der Waals surface area contributed by atoms with Crippen molar-refractivity contribution in [1.82, 2.24) is 4.57 Å². The van der Waals surface area contributed by atoms with Crippen LogP contribution < -0.4 is 39.4 Å². The van der Waals surface area contributed by atoms with Crippen molar-refractivity contribution in [2.24, 2.45) is 5.73 Å². The van der Waals surface area contributed by atoms with Gasteiger partial charge in [0, 0.05) is 0 Å². The lowest BCUT2D eigenvalue weighted by molar-refractivity contribution is 0.284. The number of methoxy groups -OCH3 is 2. The lowest BCUT2D eigenvalue weighted by atomic mass is 9.84. The van der Waals surface area contributed by atoms with Crippen LogP contribution in [0.3, 0.4) is 0 Å². The van der Waals surface area contributed by atoms with Crippen molar-refractivity contribution >= 4 is 75.2 Å². The van der Waals surface area contributed by atoms with Crippen LogP contribution in [0.2, 0.25) is 20.1 Å². The summed E-state index contributed by atoms with van der Waals surface area (Å²) in [7, 11) is 3.00. The van der Waals surface area contributed by atoms with Crippen LogP contribution in [-0.4, -0.2) is 18.8 Å². The van der Waals surface area contributed by atoms with Crippen LogP contribution in [0.5, 0.6) is 23.0 Å². The molecule has 0 radical (unpaired) electrons. The number of thiazole rings is 1. The van der Waals surface area contributed by atoms with Crippen molar-refractivity contribution < 1.29 is 18.9 Å². The van der Waals surface area contributed by atoms with Gasteiger partial charge in [-0.1, -0.05) is 70.7 Å².